The quantitative estimate of drug-likeness (QED) is 0.931. The normalized spacial score (nSPS) is 15.9. The molecule has 0 atom stereocenters. The van der Waals surface area contributed by atoms with Gasteiger partial charge in [-0.05, 0) is 24.1 Å². The number of methoxy groups -OCH3 is 1. The van der Waals surface area contributed by atoms with Crippen LogP contribution < -0.4 is 10.2 Å². The molecule has 0 aliphatic carbocycles. The van der Waals surface area contributed by atoms with Crippen LogP contribution in [0, 0.1) is 5.82 Å². The highest BCUT2D eigenvalue weighted by Gasteiger charge is 2.23. The highest BCUT2D eigenvalue weighted by atomic mass is 19.1. The highest BCUT2D eigenvalue weighted by Crippen LogP contribution is 2.33. The van der Waals surface area contributed by atoms with Gasteiger partial charge in [-0.1, -0.05) is 6.08 Å². The Morgan fingerprint density at radius 1 is 1.52 bits per heavy atom. The average molecular weight is 289 g/mol. The van der Waals surface area contributed by atoms with E-state index in [-0.39, 0.29) is 5.69 Å². The number of nitrogens with one attached hydrogen (secondary N) is 1. The molecule has 0 bridgehead atoms. The highest BCUT2D eigenvalue weighted by molar-refractivity contribution is 5.86. The first-order chi connectivity index (χ1) is 10.2. The summed E-state index contributed by atoms with van der Waals surface area (Å²) in [6.45, 7) is 1.52. The Hall–Kier alpha value is -2.37. The number of benzene rings is 1. The number of halogens is 1. The molecule has 6 heteroatoms. The summed E-state index contributed by atoms with van der Waals surface area (Å²) in [5.74, 6) is -0.445. The molecule has 0 spiro atoms. The van der Waals surface area contributed by atoms with Gasteiger partial charge in [-0.3, -0.25) is 10.3 Å². The van der Waals surface area contributed by atoms with Crippen molar-refractivity contribution < 1.29 is 13.9 Å². The van der Waals surface area contributed by atoms with E-state index in [9.17, 15) is 9.18 Å². The van der Waals surface area contributed by atoms with Crippen LogP contribution in [0.1, 0.15) is 12.0 Å². The summed E-state index contributed by atoms with van der Waals surface area (Å²) >= 11 is 0. The molecular formula is C15H16FN3O2. The Morgan fingerprint density at radius 3 is 3.10 bits per heavy atom. The van der Waals surface area contributed by atoms with Crippen molar-refractivity contribution in [1.29, 1.82) is 0 Å². The Kier molecular flexibility index (Phi) is 3.60. The van der Waals surface area contributed by atoms with Gasteiger partial charge in [0.2, 0.25) is 0 Å². The molecule has 0 radical (unpaired) electrons. The SMILES string of the molecule is COC(=O)Nc1cc2c(cc1F)CCN2CC1=CCC=N1. The van der Waals surface area contributed by atoms with E-state index in [0.29, 0.717) is 6.54 Å². The molecule has 21 heavy (non-hydrogen) atoms. The summed E-state index contributed by atoms with van der Waals surface area (Å²) in [4.78, 5) is 17.7. The fourth-order valence-corrected chi connectivity index (χ4v) is 2.61. The van der Waals surface area contributed by atoms with Gasteiger partial charge in [-0.2, -0.15) is 0 Å². The number of hydrogen-bond donors (Lipinski definition) is 1. The van der Waals surface area contributed by atoms with Crippen LogP contribution in [-0.2, 0) is 11.2 Å². The van der Waals surface area contributed by atoms with E-state index in [0.717, 1.165) is 36.3 Å². The van der Waals surface area contributed by atoms with Gasteiger partial charge in [0.1, 0.15) is 5.82 Å². The van der Waals surface area contributed by atoms with E-state index >= 15 is 0 Å². The molecule has 2 aliphatic heterocycles. The molecule has 0 saturated carbocycles. The smallest absolute Gasteiger partial charge is 0.411 e. The Labute approximate surface area is 122 Å². The lowest BCUT2D eigenvalue weighted by Crippen LogP contribution is -2.22. The molecule has 1 N–H and O–H groups in total. The van der Waals surface area contributed by atoms with Crippen LogP contribution in [0.5, 0.6) is 0 Å². The maximum absolute atomic E-state index is 13.9. The van der Waals surface area contributed by atoms with Gasteiger partial charge in [-0.25, -0.2) is 9.18 Å². The molecule has 2 aliphatic rings. The van der Waals surface area contributed by atoms with Crippen molar-refractivity contribution >= 4 is 23.7 Å². The minimum atomic E-state index is -0.679. The van der Waals surface area contributed by atoms with Crippen LogP contribution in [-0.4, -0.2) is 32.5 Å². The minimum absolute atomic E-state index is 0.136. The van der Waals surface area contributed by atoms with E-state index < -0.39 is 11.9 Å². The first-order valence-electron chi connectivity index (χ1n) is 6.81. The van der Waals surface area contributed by atoms with Crippen LogP contribution in [0.15, 0.2) is 28.9 Å². The summed E-state index contributed by atoms with van der Waals surface area (Å²) in [6, 6.07) is 3.14. The van der Waals surface area contributed by atoms with Gasteiger partial charge in [0.15, 0.2) is 0 Å². The first-order valence-corrected chi connectivity index (χ1v) is 6.81. The number of amides is 1. The summed E-state index contributed by atoms with van der Waals surface area (Å²) in [6.07, 6.45) is 4.94. The Morgan fingerprint density at radius 2 is 2.38 bits per heavy atom. The summed E-state index contributed by atoms with van der Waals surface area (Å²) in [5, 5.41) is 2.40. The lowest BCUT2D eigenvalue weighted by Gasteiger charge is -2.20. The number of nitrogens with zero attached hydrogens (tertiary/aromatic N) is 2. The number of ether oxygens (including phenoxy) is 1. The Balaban J connectivity index is 1.84. The van der Waals surface area contributed by atoms with Crippen molar-refractivity contribution in [3.05, 3.63) is 35.3 Å². The second-order valence-electron chi connectivity index (χ2n) is 4.99. The number of aliphatic imine (C=N–C) groups is 1. The van der Waals surface area contributed by atoms with Crippen molar-refractivity contribution in [2.75, 3.05) is 30.4 Å². The van der Waals surface area contributed by atoms with Crippen molar-refractivity contribution in [2.45, 2.75) is 12.8 Å². The number of rotatable bonds is 3. The Bertz CT molecular complexity index is 640. The van der Waals surface area contributed by atoms with Gasteiger partial charge in [0.05, 0.1) is 25.0 Å². The van der Waals surface area contributed by atoms with Crippen LogP contribution >= 0.6 is 0 Å². The van der Waals surface area contributed by atoms with Gasteiger partial charge >= 0.3 is 6.09 Å². The first kappa shape index (κ1) is 13.6. The lowest BCUT2D eigenvalue weighted by molar-refractivity contribution is 0.187. The summed E-state index contributed by atoms with van der Waals surface area (Å²) in [5.41, 5.74) is 3.04. The standard InChI is InChI=1S/C15H16FN3O2/c1-21-15(20)18-13-8-14-10(7-12(13)16)4-6-19(14)9-11-3-2-5-17-11/h3,5,7-8H,2,4,6,9H2,1H3,(H,18,20). The number of anilines is 2. The molecule has 0 saturated heterocycles. The van der Waals surface area contributed by atoms with Crippen LogP contribution in [0.25, 0.3) is 0 Å². The third-order valence-electron chi connectivity index (χ3n) is 3.65. The maximum atomic E-state index is 13.9. The third-order valence-corrected chi connectivity index (χ3v) is 3.65. The molecule has 5 nitrogen and oxygen atoms in total. The number of allylic oxidation sites excluding steroid dienone is 1. The summed E-state index contributed by atoms with van der Waals surface area (Å²) in [7, 11) is 1.25. The minimum Gasteiger partial charge on any atom is -0.453 e. The van der Waals surface area contributed by atoms with Crippen molar-refractivity contribution in [3.63, 3.8) is 0 Å². The summed E-state index contributed by atoms with van der Waals surface area (Å²) < 4.78 is 18.5. The molecular weight excluding hydrogens is 273 g/mol. The molecule has 1 aromatic carbocycles. The predicted molar refractivity (Wildman–Crippen MR) is 79.5 cm³/mol. The zero-order chi connectivity index (χ0) is 14.8. The van der Waals surface area contributed by atoms with Crippen molar-refractivity contribution in [2.24, 2.45) is 4.99 Å². The molecule has 0 aromatic heterocycles. The van der Waals surface area contributed by atoms with E-state index in [2.05, 4.69) is 26.0 Å². The van der Waals surface area contributed by atoms with E-state index in [1.165, 1.54) is 13.2 Å². The zero-order valence-electron chi connectivity index (χ0n) is 11.7. The van der Waals surface area contributed by atoms with E-state index in [1.807, 2.05) is 6.21 Å². The van der Waals surface area contributed by atoms with Gasteiger partial charge in [0, 0.05) is 24.9 Å². The van der Waals surface area contributed by atoms with Crippen molar-refractivity contribution in [3.8, 4) is 0 Å². The molecule has 110 valence electrons. The van der Waals surface area contributed by atoms with Crippen LogP contribution in [0.4, 0.5) is 20.6 Å². The molecule has 0 unspecified atom stereocenters. The van der Waals surface area contributed by atoms with Crippen molar-refractivity contribution in [1.82, 2.24) is 0 Å². The monoisotopic (exact) mass is 289 g/mol. The third kappa shape index (κ3) is 2.74. The van der Waals surface area contributed by atoms with Gasteiger partial charge in [-0.15, -0.1) is 0 Å². The topological polar surface area (TPSA) is 53.9 Å². The average Bonchev–Trinajstić information content (AvgIpc) is 3.10. The second kappa shape index (κ2) is 5.55. The van der Waals surface area contributed by atoms with Crippen LogP contribution in [0.3, 0.4) is 0 Å². The lowest BCUT2D eigenvalue weighted by atomic mass is 10.1. The molecule has 2 heterocycles. The number of carbonyl (C=O) groups is 1. The maximum Gasteiger partial charge on any atom is 0.411 e. The second-order valence-corrected chi connectivity index (χ2v) is 4.99. The van der Waals surface area contributed by atoms with Crippen LogP contribution in [0.2, 0.25) is 0 Å². The van der Waals surface area contributed by atoms with E-state index in [1.54, 1.807) is 6.07 Å². The fourth-order valence-electron chi connectivity index (χ4n) is 2.61. The largest absolute Gasteiger partial charge is 0.453 e. The number of hydrogen-bond acceptors (Lipinski definition) is 4. The molecule has 1 amide bonds. The molecule has 3 rings (SSSR count). The molecule has 1 aromatic rings. The van der Waals surface area contributed by atoms with E-state index in [4.69, 9.17) is 0 Å². The fraction of sp³-hybridized carbons (Fsp3) is 0.333. The van der Waals surface area contributed by atoms with Gasteiger partial charge in [0.25, 0.3) is 0 Å². The zero-order valence-corrected chi connectivity index (χ0v) is 11.7. The predicted octanol–water partition coefficient (Wildman–Crippen LogP) is 2.72. The van der Waals surface area contributed by atoms with Gasteiger partial charge < -0.3 is 9.64 Å². The number of fused-ring (bicyclic) bond motifs is 1. The number of carbonyl (C=O) groups excluding carboxylic acids is 1. The molecule has 0 fully saturated rings.